The molecule has 0 heterocycles. The first-order valence-electron chi connectivity index (χ1n) is 4.35. The molecule has 0 aliphatic rings. The van der Waals surface area contributed by atoms with Gasteiger partial charge in [0, 0.05) is 10.0 Å². The van der Waals surface area contributed by atoms with Crippen LogP contribution in [0.4, 0.5) is 8.78 Å². The molecule has 0 aromatic heterocycles. The Hall–Kier alpha value is -1.50. The lowest BCUT2D eigenvalue weighted by molar-refractivity contribution is 0.0683. The second-order valence-electron chi connectivity index (χ2n) is 3.23. The van der Waals surface area contributed by atoms with Gasteiger partial charge in [-0.15, -0.1) is 0 Å². The zero-order valence-electron chi connectivity index (χ0n) is 8.50. The van der Waals surface area contributed by atoms with Crippen LogP contribution in [0, 0.1) is 6.92 Å². The minimum Gasteiger partial charge on any atom is -0.478 e. The molecule has 0 fully saturated rings. The van der Waals surface area contributed by atoms with Crippen LogP contribution in [0.25, 0.3) is 0 Å². The number of benzene rings is 1. The molecular weight excluding hydrogens is 302 g/mol. The van der Waals surface area contributed by atoms with Gasteiger partial charge in [0.2, 0.25) is 0 Å². The van der Waals surface area contributed by atoms with Gasteiger partial charge in [-0.05, 0) is 18.6 Å². The Balaban J connectivity index is 3.71. The summed E-state index contributed by atoms with van der Waals surface area (Å²) in [5.41, 5.74) is -1.89. The Morgan fingerprint density at radius 2 is 1.82 bits per heavy atom. The third kappa shape index (κ3) is 2.44. The molecule has 0 saturated carbocycles. The fraction of sp³-hybridized carbons (Fsp3) is 0.200. The van der Waals surface area contributed by atoms with Gasteiger partial charge in [0.25, 0.3) is 6.43 Å². The fourth-order valence-corrected chi connectivity index (χ4v) is 2.08. The van der Waals surface area contributed by atoms with Crippen molar-refractivity contribution < 1.29 is 28.6 Å². The zero-order valence-corrected chi connectivity index (χ0v) is 10.1. The van der Waals surface area contributed by atoms with Crippen molar-refractivity contribution in [3.8, 4) is 0 Å². The summed E-state index contributed by atoms with van der Waals surface area (Å²) >= 11 is 2.76. The highest BCUT2D eigenvalue weighted by atomic mass is 79.9. The number of alkyl halides is 2. The highest BCUT2D eigenvalue weighted by Crippen LogP contribution is 2.34. The molecule has 0 bridgehead atoms. The summed E-state index contributed by atoms with van der Waals surface area (Å²) in [7, 11) is 0. The van der Waals surface area contributed by atoms with Crippen LogP contribution >= 0.6 is 15.9 Å². The normalized spacial score (nSPS) is 10.6. The van der Waals surface area contributed by atoms with Gasteiger partial charge < -0.3 is 10.2 Å². The van der Waals surface area contributed by atoms with Crippen molar-refractivity contribution in [2.75, 3.05) is 0 Å². The van der Waals surface area contributed by atoms with Gasteiger partial charge in [-0.3, -0.25) is 0 Å². The molecule has 0 atom stereocenters. The Labute approximate surface area is 103 Å². The van der Waals surface area contributed by atoms with Crippen LogP contribution in [0.1, 0.15) is 38.3 Å². The number of halogens is 3. The lowest BCUT2D eigenvalue weighted by Gasteiger charge is -2.13. The van der Waals surface area contributed by atoms with Crippen LogP contribution in [0.3, 0.4) is 0 Å². The number of hydrogen-bond donors (Lipinski definition) is 2. The standard InChI is InChI=1S/C10H7BrF2O4/c1-3-4(9(14)15)2-5(11)7(8(12)13)6(3)10(16)17/h2,8H,1H3,(H,14,15)(H,16,17). The summed E-state index contributed by atoms with van der Waals surface area (Å²) in [6.07, 6.45) is -3.00. The molecular formula is C10H7BrF2O4. The zero-order chi connectivity index (χ0) is 13.3. The monoisotopic (exact) mass is 308 g/mol. The molecule has 17 heavy (non-hydrogen) atoms. The van der Waals surface area contributed by atoms with Gasteiger partial charge in [-0.25, -0.2) is 18.4 Å². The predicted octanol–water partition coefficient (Wildman–Crippen LogP) is 3.09. The Bertz CT molecular complexity index is 500. The number of carboxylic acids is 2. The molecule has 1 rings (SSSR count). The van der Waals surface area contributed by atoms with Crippen molar-refractivity contribution in [1.82, 2.24) is 0 Å². The van der Waals surface area contributed by atoms with Crippen LogP contribution in [0.2, 0.25) is 0 Å². The molecule has 0 aliphatic heterocycles. The molecule has 0 unspecified atom stereocenters. The maximum atomic E-state index is 12.7. The van der Waals surface area contributed by atoms with E-state index in [0.717, 1.165) is 6.07 Å². The van der Waals surface area contributed by atoms with Crippen molar-refractivity contribution in [3.05, 3.63) is 32.8 Å². The largest absolute Gasteiger partial charge is 0.478 e. The molecule has 1 aromatic carbocycles. The average Bonchev–Trinajstić information content (AvgIpc) is 2.18. The van der Waals surface area contributed by atoms with E-state index in [4.69, 9.17) is 10.2 Å². The molecule has 2 N–H and O–H groups in total. The highest BCUT2D eigenvalue weighted by Gasteiger charge is 2.27. The minimum absolute atomic E-state index is 0.191. The van der Waals surface area contributed by atoms with Crippen LogP contribution in [-0.4, -0.2) is 22.2 Å². The third-order valence-corrected chi connectivity index (χ3v) is 2.90. The number of carbonyl (C=O) groups is 2. The molecule has 92 valence electrons. The molecule has 0 aliphatic carbocycles. The van der Waals surface area contributed by atoms with Crippen LogP contribution in [0.15, 0.2) is 10.5 Å². The van der Waals surface area contributed by atoms with E-state index in [-0.39, 0.29) is 15.6 Å². The SMILES string of the molecule is Cc1c(C(=O)O)cc(Br)c(C(F)F)c1C(=O)O. The molecule has 1 aromatic rings. The van der Waals surface area contributed by atoms with Crippen molar-refractivity contribution in [2.45, 2.75) is 13.3 Å². The minimum atomic E-state index is -3.00. The summed E-state index contributed by atoms with van der Waals surface area (Å²) in [6.45, 7) is 1.19. The van der Waals surface area contributed by atoms with E-state index >= 15 is 0 Å². The van der Waals surface area contributed by atoms with E-state index in [1.54, 1.807) is 0 Å². The Kier molecular flexibility index (Phi) is 3.82. The second kappa shape index (κ2) is 4.79. The van der Waals surface area contributed by atoms with Crippen LogP contribution < -0.4 is 0 Å². The maximum Gasteiger partial charge on any atom is 0.336 e. The topological polar surface area (TPSA) is 74.6 Å². The van der Waals surface area contributed by atoms with Gasteiger partial charge >= 0.3 is 11.9 Å². The van der Waals surface area contributed by atoms with Crippen molar-refractivity contribution in [2.24, 2.45) is 0 Å². The van der Waals surface area contributed by atoms with Gasteiger partial charge in [0.1, 0.15) is 0 Å². The molecule has 7 heteroatoms. The third-order valence-electron chi connectivity index (χ3n) is 2.24. The van der Waals surface area contributed by atoms with Crippen LogP contribution in [-0.2, 0) is 0 Å². The van der Waals surface area contributed by atoms with E-state index in [1.165, 1.54) is 6.92 Å². The first-order chi connectivity index (χ1) is 7.77. The van der Waals surface area contributed by atoms with Crippen molar-refractivity contribution in [3.63, 3.8) is 0 Å². The van der Waals surface area contributed by atoms with Crippen LogP contribution in [0.5, 0.6) is 0 Å². The lowest BCUT2D eigenvalue weighted by atomic mass is 9.97. The highest BCUT2D eigenvalue weighted by molar-refractivity contribution is 9.10. The first-order valence-corrected chi connectivity index (χ1v) is 5.14. The number of aromatic carboxylic acids is 2. The smallest absolute Gasteiger partial charge is 0.336 e. The summed E-state index contributed by atoms with van der Waals surface area (Å²) in [5, 5.41) is 17.7. The predicted molar refractivity (Wildman–Crippen MR) is 57.8 cm³/mol. The van der Waals surface area contributed by atoms with Crippen molar-refractivity contribution >= 4 is 27.9 Å². The summed E-state index contributed by atoms with van der Waals surface area (Å²) in [5.74, 6) is -2.95. The Morgan fingerprint density at radius 3 is 2.18 bits per heavy atom. The quantitative estimate of drug-likeness (QED) is 0.899. The summed E-state index contributed by atoms with van der Waals surface area (Å²) in [6, 6.07) is 0.978. The number of rotatable bonds is 3. The summed E-state index contributed by atoms with van der Waals surface area (Å²) < 4.78 is 25.2. The van der Waals surface area contributed by atoms with E-state index in [9.17, 15) is 18.4 Å². The molecule has 4 nitrogen and oxygen atoms in total. The van der Waals surface area contributed by atoms with E-state index < -0.39 is 29.5 Å². The van der Waals surface area contributed by atoms with Gasteiger partial charge in [-0.2, -0.15) is 0 Å². The number of hydrogen-bond acceptors (Lipinski definition) is 2. The molecule has 0 amide bonds. The fourth-order valence-electron chi connectivity index (χ4n) is 1.48. The average molecular weight is 309 g/mol. The number of carboxylic acid groups (broad SMARTS) is 2. The molecule has 0 radical (unpaired) electrons. The van der Waals surface area contributed by atoms with Gasteiger partial charge in [-0.1, -0.05) is 15.9 Å². The van der Waals surface area contributed by atoms with Gasteiger partial charge in [0.15, 0.2) is 0 Å². The maximum absolute atomic E-state index is 12.7. The first kappa shape index (κ1) is 13.6. The van der Waals surface area contributed by atoms with E-state index in [1.807, 2.05) is 0 Å². The lowest BCUT2D eigenvalue weighted by Crippen LogP contribution is -2.12. The summed E-state index contributed by atoms with van der Waals surface area (Å²) in [4.78, 5) is 21.8. The van der Waals surface area contributed by atoms with E-state index in [2.05, 4.69) is 15.9 Å². The van der Waals surface area contributed by atoms with Gasteiger partial charge in [0.05, 0.1) is 11.1 Å². The van der Waals surface area contributed by atoms with Crippen molar-refractivity contribution in [1.29, 1.82) is 0 Å². The van der Waals surface area contributed by atoms with E-state index in [0.29, 0.717) is 0 Å². The second-order valence-corrected chi connectivity index (χ2v) is 4.08. The molecule has 0 spiro atoms. The molecule has 0 saturated heterocycles. The Morgan fingerprint density at radius 1 is 1.29 bits per heavy atom.